The van der Waals surface area contributed by atoms with Gasteiger partial charge in [0.1, 0.15) is 0 Å². The number of nitrogens with zero attached hydrogens (tertiary/aromatic N) is 2. The molecule has 0 aromatic heterocycles. The van der Waals surface area contributed by atoms with Crippen molar-refractivity contribution in [2.75, 3.05) is 32.8 Å². The van der Waals surface area contributed by atoms with Crippen LogP contribution in [0.15, 0.2) is 29.2 Å². The lowest BCUT2D eigenvalue weighted by molar-refractivity contribution is 0.135. The zero-order valence-corrected chi connectivity index (χ0v) is 13.5. The Kier molecular flexibility index (Phi) is 5.37. The minimum absolute atomic E-state index is 0.0720. The standard InChI is InChI=1S/C15H24N2O3S/c1-3-16-9-10-17(12-13(16)2)21(19,20)15-6-4-14(5-7-15)8-11-18/h4-7,13,18H,3,8-12H2,1-2H3. The number of likely N-dealkylation sites (N-methyl/N-ethyl adjacent to an activating group) is 1. The molecule has 0 amide bonds. The van der Waals surface area contributed by atoms with Gasteiger partial charge in [0.25, 0.3) is 0 Å². The number of piperazine rings is 1. The van der Waals surface area contributed by atoms with Crippen molar-refractivity contribution < 1.29 is 13.5 Å². The highest BCUT2D eigenvalue weighted by Gasteiger charge is 2.31. The summed E-state index contributed by atoms with van der Waals surface area (Å²) >= 11 is 0. The Morgan fingerprint density at radius 1 is 1.24 bits per heavy atom. The number of rotatable bonds is 5. The molecule has 118 valence electrons. The van der Waals surface area contributed by atoms with Crippen molar-refractivity contribution in [3.05, 3.63) is 29.8 Å². The van der Waals surface area contributed by atoms with E-state index in [4.69, 9.17) is 5.11 Å². The van der Waals surface area contributed by atoms with E-state index in [0.29, 0.717) is 24.4 Å². The van der Waals surface area contributed by atoms with Gasteiger partial charge in [-0.2, -0.15) is 4.31 Å². The molecule has 0 spiro atoms. The molecule has 1 atom stereocenters. The molecule has 5 nitrogen and oxygen atoms in total. The number of sulfonamides is 1. The SMILES string of the molecule is CCN1CCN(S(=O)(=O)c2ccc(CCO)cc2)CC1C. The maximum atomic E-state index is 12.7. The van der Waals surface area contributed by atoms with Crippen LogP contribution in [0.25, 0.3) is 0 Å². The Balaban J connectivity index is 2.14. The van der Waals surface area contributed by atoms with Crippen molar-refractivity contribution in [1.29, 1.82) is 0 Å². The number of hydrogen-bond donors (Lipinski definition) is 1. The van der Waals surface area contributed by atoms with Crippen molar-refractivity contribution in [3.8, 4) is 0 Å². The molecule has 0 radical (unpaired) electrons. The predicted octanol–water partition coefficient (Wildman–Crippen LogP) is 0.936. The summed E-state index contributed by atoms with van der Waals surface area (Å²) in [7, 11) is -3.41. The molecular weight excluding hydrogens is 288 g/mol. The van der Waals surface area contributed by atoms with E-state index in [9.17, 15) is 8.42 Å². The van der Waals surface area contributed by atoms with Crippen molar-refractivity contribution in [2.24, 2.45) is 0 Å². The van der Waals surface area contributed by atoms with Gasteiger partial charge < -0.3 is 5.11 Å². The smallest absolute Gasteiger partial charge is 0.243 e. The second kappa shape index (κ2) is 6.87. The molecule has 1 fully saturated rings. The summed E-state index contributed by atoms with van der Waals surface area (Å²) in [6.07, 6.45) is 0.548. The summed E-state index contributed by atoms with van der Waals surface area (Å²) in [5, 5.41) is 8.90. The molecule has 1 aromatic carbocycles. The summed E-state index contributed by atoms with van der Waals surface area (Å²) in [4.78, 5) is 2.62. The highest BCUT2D eigenvalue weighted by atomic mass is 32.2. The summed E-state index contributed by atoms with van der Waals surface area (Å²) < 4.78 is 26.9. The van der Waals surface area contributed by atoms with Crippen LogP contribution in [0.4, 0.5) is 0 Å². The molecule has 1 aliphatic heterocycles. The minimum atomic E-state index is -3.41. The van der Waals surface area contributed by atoms with E-state index in [2.05, 4.69) is 18.7 Å². The van der Waals surface area contributed by atoms with Crippen LogP contribution in [0.5, 0.6) is 0 Å². The first kappa shape index (κ1) is 16.4. The van der Waals surface area contributed by atoms with Gasteiger partial charge in [-0.1, -0.05) is 19.1 Å². The zero-order chi connectivity index (χ0) is 15.5. The molecule has 1 unspecified atom stereocenters. The summed E-state index contributed by atoms with van der Waals surface area (Å²) in [5.41, 5.74) is 0.945. The fourth-order valence-corrected chi connectivity index (χ4v) is 4.27. The Labute approximate surface area is 127 Å². The lowest BCUT2D eigenvalue weighted by Gasteiger charge is -2.38. The average Bonchev–Trinajstić information content (AvgIpc) is 2.48. The molecule has 0 aliphatic carbocycles. The molecule has 6 heteroatoms. The minimum Gasteiger partial charge on any atom is -0.396 e. The third-order valence-corrected chi connectivity index (χ3v) is 5.97. The van der Waals surface area contributed by atoms with E-state index >= 15 is 0 Å². The normalized spacial score (nSPS) is 21.6. The second-order valence-electron chi connectivity index (χ2n) is 5.46. The van der Waals surface area contributed by atoms with E-state index in [0.717, 1.165) is 18.7 Å². The monoisotopic (exact) mass is 312 g/mol. The zero-order valence-electron chi connectivity index (χ0n) is 12.7. The van der Waals surface area contributed by atoms with Crippen LogP contribution in [0.3, 0.4) is 0 Å². The number of aliphatic hydroxyl groups excluding tert-OH is 1. The molecule has 2 rings (SSSR count). The summed E-state index contributed by atoms with van der Waals surface area (Å²) in [6.45, 7) is 7.04. The third kappa shape index (κ3) is 3.63. The van der Waals surface area contributed by atoms with Crippen molar-refractivity contribution >= 4 is 10.0 Å². The number of aliphatic hydroxyl groups is 1. The predicted molar refractivity (Wildman–Crippen MR) is 82.7 cm³/mol. The van der Waals surface area contributed by atoms with Crippen LogP contribution in [0, 0.1) is 0 Å². The molecule has 1 heterocycles. The summed E-state index contributed by atoms with van der Waals surface area (Å²) in [6, 6.07) is 7.06. The molecule has 0 bridgehead atoms. The molecule has 1 aliphatic rings. The highest BCUT2D eigenvalue weighted by Crippen LogP contribution is 2.20. The first-order chi connectivity index (χ1) is 9.98. The van der Waals surface area contributed by atoms with Crippen LogP contribution in [-0.4, -0.2) is 61.6 Å². The van der Waals surface area contributed by atoms with Gasteiger partial charge in [0.15, 0.2) is 0 Å². The Morgan fingerprint density at radius 3 is 2.43 bits per heavy atom. The molecule has 1 N–H and O–H groups in total. The van der Waals surface area contributed by atoms with E-state index in [1.807, 2.05) is 0 Å². The third-order valence-electron chi connectivity index (χ3n) is 4.10. The van der Waals surface area contributed by atoms with E-state index in [1.54, 1.807) is 28.6 Å². The maximum Gasteiger partial charge on any atom is 0.243 e. The van der Waals surface area contributed by atoms with Gasteiger partial charge in [0.05, 0.1) is 4.90 Å². The fraction of sp³-hybridized carbons (Fsp3) is 0.600. The quantitative estimate of drug-likeness (QED) is 0.879. The molecule has 1 saturated heterocycles. The fourth-order valence-electron chi connectivity index (χ4n) is 2.76. The van der Waals surface area contributed by atoms with Gasteiger partial charge in [-0.25, -0.2) is 8.42 Å². The summed E-state index contributed by atoms with van der Waals surface area (Å²) in [5.74, 6) is 0. The van der Waals surface area contributed by atoms with Gasteiger partial charge in [0.2, 0.25) is 10.0 Å². The van der Waals surface area contributed by atoms with Gasteiger partial charge in [0, 0.05) is 32.3 Å². The van der Waals surface area contributed by atoms with Crippen LogP contribution in [-0.2, 0) is 16.4 Å². The van der Waals surface area contributed by atoms with E-state index < -0.39 is 10.0 Å². The molecule has 21 heavy (non-hydrogen) atoms. The largest absolute Gasteiger partial charge is 0.396 e. The molecule has 1 aromatic rings. The first-order valence-electron chi connectivity index (χ1n) is 7.43. The Hall–Kier alpha value is -0.950. The van der Waals surface area contributed by atoms with Crippen LogP contribution in [0.1, 0.15) is 19.4 Å². The second-order valence-corrected chi connectivity index (χ2v) is 7.40. The average molecular weight is 312 g/mol. The van der Waals surface area contributed by atoms with Crippen LogP contribution >= 0.6 is 0 Å². The highest BCUT2D eigenvalue weighted by molar-refractivity contribution is 7.89. The topological polar surface area (TPSA) is 60.9 Å². The van der Waals surface area contributed by atoms with Crippen molar-refractivity contribution in [2.45, 2.75) is 31.2 Å². The van der Waals surface area contributed by atoms with Crippen molar-refractivity contribution in [3.63, 3.8) is 0 Å². The number of benzene rings is 1. The lowest BCUT2D eigenvalue weighted by atomic mass is 10.2. The number of hydrogen-bond acceptors (Lipinski definition) is 4. The molecular formula is C15H24N2O3S. The first-order valence-corrected chi connectivity index (χ1v) is 8.87. The van der Waals surface area contributed by atoms with Gasteiger partial charge in [-0.05, 0) is 37.6 Å². The van der Waals surface area contributed by atoms with Gasteiger partial charge in [-0.15, -0.1) is 0 Å². The van der Waals surface area contributed by atoms with Gasteiger partial charge >= 0.3 is 0 Å². The lowest BCUT2D eigenvalue weighted by Crippen LogP contribution is -2.53. The maximum absolute atomic E-state index is 12.7. The van der Waals surface area contributed by atoms with Gasteiger partial charge in [-0.3, -0.25) is 4.90 Å². The Morgan fingerprint density at radius 2 is 1.90 bits per heavy atom. The Bertz CT molecular complexity index is 557. The van der Waals surface area contributed by atoms with Crippen LogP contribution < -0.4 is 0 Å². The van der Waals surface area contributed by atoms with E-state index in [1.165, 1.54) is 0 Å². The molecule has 0 saturated carbocycles. The van der Waals surface area contributed by atoms with E-state index in [-0.39, 0.29) is 12.6 Å². The van der Waals surface area contributed by atoms with Crippen LogP contribution in [0.2, 0.25) is 0 Å². The van der Waals surface area contributed by atoms with Crippen molar-refractivity contribution in [1.82, 2.24) is 9.21 Å².